The first-order valence-corrected chi connectivity index (χ1v) is 10.1. The SMILES string of the molecule is COc1cc(OC)cc(C(=O)N[C@H](C(=O)OCC(=O)Nc2sccc2C#N)C(C)C)c1. The Bertz CT molecular complexity index is 973. The highest BCUT2D eigenvalue weighted by Gasteiger charge is 2.27. The van der Waals surface area contributed by atoms with Crippen LogP contribution in [0.15, 0.2) is 29.6 Å². The number of methoxy groups -OCH3 is 2. The highest BCUT2D eigenvalue weighted by atomic mass is 32.1. The quantitative estimate of drug-likeness (QED) is 0.568. The Hall–Kier alpha value is -3.58. The van der Waals surface area contributed by atoms with Gasteiger partial charge in [0.25, 0.3) is 11.8 Å². The highest BCUT2D eigenvalue weighted by molar-refractivity contribution is 7.14. The van der Waals surface area contributed by atoms with Crippen LogP contribution in [0.5, 0.6) is 11.5 Å². The molecule has 0 aliphatic heterocycles. The zero-order chi connectivity index (χ0) is 23.0. The maximum Gasteiger partial charge on any atom is 0.329 e. The van der Waals surface area contributed by atoms with E-state index in [0.29, 0.717) is 22.1 Å². The Labute approximate surface area is 183 Å². The van der Waals surface area contributed by atoms with Gasteiger partial charge in [0.1, 0.15) is 28.6 Å². The molecule has 0 aliphatic rings. The molecule has 164 valence electrons. The number of hydrogen-bond donors (Lipinski definition) is 2. The summed E-state index contributed by atoms with van der Waals surface area (Å²) in [6, 6.07) is 7.20. The van der Waals surface area contributed by atoms with Gasteiger partial charge in [-0.15, -0.1) is 11.3 Å². The van der Waals surface area contributed by atoms with Gasteiger partial charge in [0.2, 0.25) is 0 Å². The molecule has 2 rings (SSSR count). The molecular weight excluding hydrogens is 422 g/mol. The lowest BCUT2D eigenvalue weighted by Gasteiger charge is -2.21. The lowest BCUT2D eigenvalue weighted by atomic mass is 10.0. The topological polar surface area (TPSA) is 127 Å². The van der Waals surface area contributed by atoms with E-state index in [1.54, 1.807) is 31.4 Å². The molecule has 0 radical (unpaired) electrons. The van der Waals surface area contributed by atoms with Crippen LogP contribution in [0.3, 0.4) is 0 Å². The number of nitriles is 1. The van der Waals surface area contributed by atoms with Crippen molar-refractivity contribution in [2.75, 3.05) is 26.1 Å². The third-order valence-electron chi connectivity index (χ3n) is 4.20. The standard InChI is InChI=1S/C21H23N3O6S/c1-12(2)18(24-19(26)14-7-15(28-3)9-16(8-14)29-4)21(27)30-11-17(25)23-20-13(10-22)5-6-31-20/h5-9,12,18H,11H2,1-4H3,(H,23,25)(H,24,26)/t18-/m0/s1. The van der Waals surface area contributed by atoms with Gasteiger partial charge in [0.05, 0.1) is 19.8 Å². The van der Waals surface area contributed by atoms with Crippen molar-refractivity contribution in [1.82, 2.24) is 5.32 Å². The Balaban J connectivity index is 2.01. The molecule has 0 unspecified atom stereocenters. The molecular formula is C21H23N3O6S. The molecule has 31 heavy (non-hydrogen) atoms. The van der Waals surface area contributed by atoms with E-state index in [1.165, 1.54) is 37.7 Å². The lowest BCUT2D eigenvalue weighted by molar-refractivity contribution is -0.150. The van der Waals surface area contributed by atoms with Gasteiger partial charge in [-0.1, -0.05) is 13.8 Å². The molecule has 2 amide bonds. The van der Waals surface area contributed by atoms with E-state index in [-0.39, 0.29) is 11.5 Å². The van der Waals surface area contributed by atoms with Crippen LogP contribution < -0.4 is 20.1 Å². The molecule has 0 saturated heterocycles. The van der Waals surface area contributed by atoms with E-state index in [9.17, 15) is 14.4 Å². The molecule has 2 N–H and O–H groups in total. The summed E-state index contributed by atoms with van der Waals surface area (Å²) in [6.07, 6.45) is 0. The minimum absolute atomic E-state index is 0.245. The second kappa shape index (κ2) is 11.0. The Kier molecular flexibility index (Phi) is 8.40. The predicted octanol–water partition coefficient (Wildman–Crippen LogP) is 2.57. The summed E-state index contributed by atoms with van der Waals surface area (Å²) in [6.45, 7) is 2.93. The normalized spacial score (nSPS) is 11.2. The summed E-state index contributed by atoms with van der Waals surface area (Å²) in [5.41, 5.74) is 0.569. The summed E-state index contributed by atoms with van der Waals surface area (Å²) in [7, 11) is 2.93. The third-order valence-corrected chi connectivity index (χ3v) is 5.03. The number of esters is 1. The van der Waals surface area contributed by atoms with Gasteiger partial charge >= 0.3 is 5.97 Å². The maximum atomic E-state index is 12.7. The molecule has 0 aliphatic carbocycles. The Morgan fingerprint density at radius 1 is 1.13 bits per heavy atom. The number of hydrogen-bond acceptors (Lipinski definition) is 8. The van der Waals surface area contributed by atoms with E-state index >= 15 is 0 Å². The minimum Gasteiger partial charge on any atom is -0.497 e. The zero-order valence-corrected chi connectivity index (χ0v) is 18.4. The van der Waals surface area contributed by atoms with Gasteiger partial charge in [-0.05, 0) is 29.5 Å². The summed E-state index contributed by atoms with van der Waals surface area (Å²) in [4.78, 5) is 37.2. The summed E-state index contributed by atoms with van der Waals surface area (Å²) >= 11 is 1.19. The first-order valence-electron chi connectivity index (χ1n) is 9.27. The van der Waals surface area contributed by atoms with E-state index in [1.807, 2.05) is 6.07 Å². The third kappa shape index (κ3) is 6.45. The van der Waals surface area contributed by atoms with Gasteiger partial charge in [0.15, 0.2) is 6.61 Å². The smallest absolute Gasteiger partial charge is 0.329 e. The zero-order valence-electron chi connectivity index (χ0n) is 17.6. The van der Waals surface area contributed by atoms with E-state index < -0.39 is 30.4 Å². The fraction of sp³-hybridized carbons (Fsp3) is 0.333. The monoisotopic (exact) mass is 445 g/mol. The van der Waals surface area contributed by atoms with Gasteiger partial charge in [-0.25, -0.2) is 4.79 Å². The molecule has 10 heteroatoms. The van der Waals surface area contributed by atoms with E-state index in [4.69, 9.17) is 19.5 Å². The minimum atomic E-state index is -0.978. The van der Waals surface area contributed by atoms with Gasteiger partial charge in [0, 0.05) is 11.6 Å². The number of amides is 2. The van der Waals surface area contributed by atoms with Crippen molar-refractivity contribution in [2.24, 2.45) is 5.92 Å². The highest BCUT2D eigenvalue weighted by Crippen LogP contribution is 2.23. The summed E-state index contributed by atoms with van der Waals surface area (Å²) in [5.74, 6) is -1.30. The number of rotatable bonds is 9. The molecule has 9 nitrogen and oxygen atoms in total. The average molecular weight is 445 g/mol. The van der Waals surface area contributed by atoms with Crippen LogP contribution in [0.2, 0.25) is 0 Å². The first kappa shape index (κ1) is 23.7. The fourth-order valence-electron chi connectivity index (χ4n) is 2.54. The molecule has 0 spiro atoms. The van der Waals surface area contributed by atoms with Crippen molar-refractivity contribution in [1.29, 1.82) is 5.26 Å². The molecule has 1 aromatic carbocycles. The van der Waals surface area contributed by atoms with Crippen LogP contribution in [0, 0.1) is 17.2 Å². The predicted molar refractivity (Wildman–Crippen MR) is 114 cm³/mol. The van der Waals surface area contributed by atoms with Crippen LogP contribution in [-0.4, -0.2) is 44.7 Å². The van der Waals surface area contributed by atoms with E-state index in [0.717, 1.165) is 0 Å². The van der Waals surface area contributed by atoms with Crippen molar-refractivity contribution in [3.63, 3.8) is 0 Å². The number of nitrogens with one attached hydrogen (secondary N) is 2. The van der Waals surface area contributed by atoms with Crippen molar-refractivity contribution >= 4 is 34.1 Å². The summed E-state index contributed by atoms with van der Waals surface area (Å²) in [5, 5.41) is 16.2. The lowest BCUT2D eigenvalue weighted by Crippen LogP contribution is -2.46. The average Bonchev–Trinajstić information content (AvgIpc) is 3.21. The number of carbonyl (C=O) groups excluding carboxylic acids is 3. The van der Waals surface area contributed by atoms with Crippen molar-refractivity contribution in [3.05, 3.63) is 40.8 Å². The molecule has 0 fully saturated rings. The number of benzene rings is 1. The first-order chi connectivity index (χ1) is 14.8. The summed E-state index contributed by atoms with van der Waals surface area (Å²) < 4.78 is 15.4. The van der Waals surface area contributed by atoms with Crippen molar-refractivity contribution < 1.29 is 28.6 Å². The molecule has 1 aromatic heterocycles. The van der Waals surface area contributed by atoms with Crippen LogP contribution in [0.25, 0.3) is 0 Å². The number of thiophene rings is 1. The molecule has 1 heterocycles. The number of ether oxygens (including phenoxy) is 3. The second-order valence-electron chi connectivity index (χ2n) is 6.73. The van der Waals surface area contributed by atoms with Crippen LogP contribution in [0.4, 0.5) is 5.00 Å². The van der Waals surface area contributed by atoms with Gasteiger partial charge < -0.3 is 24.8 Å². The second-order valence-corrected chi connectivity index (χ2v) is 7.64. The fourth-order valence-corrected chi connectivity index (χ4v) is 3.30. The van der Waals surface area contributed by atoms with Gasteiger partial charge in [-0.3, -0.25) is 9.59 Å². The van der Waals surface area contributed by atoms with Crippen LogP contribution in [0.1, 0.15) is 29.8 Å². The molecule has 1 atom stereocenters. The molecule has 0 bridgehead atoms. The van der Waals surface area contributed by atoms with Crippen molar-refractivity contribution in [3.8, 4) is 17.6 Å². The Morgan fingerprint density at radius 2 is 1.77 bits per heavy atom. The van der Waals surface area contributed by atoms with Gasteiger partial charge in [-0.2, -0.15) is 5.26 Å². The van der Waals surface area contributed by atoms with Crippen LogP contribution >= 0.6 is 11.3 Å². The Morgan fingerprint density at radius 3 is 2.32 bits per heavy atom. The number of carbonyl (C=O) groups is 3. The number of nitrogens with zero attached hydrogens (tertiary/aromatic N) is 1. The molecule has 2 aromatic rings. The molecule has 0 saturated carbocycles. The van der Waals surface area contributed by atoms with Crippen LogP contribution in [-0.2, 0) is 14.3 Å². The maximum absolute atomic E-state index is 12.7. The van der Waals surface area contributed by atoms with Crippen molar-refractivity contribution in [2.45, 2.75) is 19.9 Å². The largest absolute Gasteiger partial charge is 0.497 e. The number of anilines is 1. The van der Waals surface area contributed by atoms with E-state index in [2.05, 4.69) is 10.6 Å².